The Hall–Kier alpha value is -0.0800. The molecule has 1 aliphatic heterocycles. The summed E-state index contributed by atoms with van der Waals surface area (Å²) >= 11 is 0. The predicted molar refractivity (Wildman–Crippen MR) is 74.3 cm³/mol. The fraction of sp³-hybridized carbons (Fsp3) is 1.00. The van der Waals surface area contributed by atoms with Crippen LogP contribution in [0, 0.1) is 5.92 Å². The van der Waals surface area contributed by atoms with Gasteiger partial charge in [0.2, 0.25) is 0 Å². The van der Waals surface area contributed by atoms with Crippen molar-refractivity contribution in [2.45, 2.75) is 70.9 Å². The van der Waals surface area contributed by atoms with Crippen molar-refractivity contribution in [3.63, 3.8) is 0 Å². The van der Waals surface area contributed by atoms with Crippen molar-refractivity contribution in [1.29, 1.82) is 0 Å². The van der Waals surface area contributed by atoms with Gasteiger partial charge in [0.1, 0.15) is 0 Å². The van der Waals surface area contributed by atoms with Crippen LogP contribution in [-0.2, 0) is 0 Å². The van der Waals surface area contributed by atoms with E-state index in [2.05, 4.69) is 24.1 Å². The van der Waals surface area contributed by atoms with Crippen LogP contribution in [0.2, 0.25) is 0 Å². The van der Waals surface area contributed by atoms with Crippen molar-refractivity contribution in [2.24, 2.45) is 5.92 Å². The summed E-state index contributed by atoms with van der Waals surface area (Å²) in [6, 6.07) is 1.69. The first kappa shape index (κ1) is 13.4. The lowest BCUT2D eigenvalue weighted by molar-refractivity contribution is 0.0547. The third kappa shape index (κ3) is 3.23. The Bertz CT molecular complexity index is 211. The third-order valence-electron chi connectivity index (χ3n) is 4.92. The largest absolute Gasteiger partial charge is 0.315 e. The Morgan fingerprint density at radius 2 is 1.88 bits per heavy atom. The molecular weight excluding hydrogens is 208 g/mol. The predicted octanol–water partition coefficient (Wildman–Crippen LogP) is 3.03. The van der Waals surface area contributed by atoms with Crippen LogP contribution >= 0.6 is 0 Å². The van der Waals surface area contributed by atoms with E-state index in [0.29, 0.717) is 0 Å². The molecule has 2 nitrogen and oxygen atoms in total. The Labute approximate surface area is 107 Å². The zero-order chi connectivity index (χ0) is 12.1. The average molecular weight is 238 g/mol. The minimum Gasteiger partial charge on any atom is -0.315 e. The van der Waals surface area contributed by atoms with Crippen molar-refractivity contribution < 1.29 is 0 Å². The molecule has 2 fully saturated rings. The topological polar surface area (TPSA) is 15.3 Å². The summed E-state index contributed by atoms with van der Waals surface area (Å²) in [7, 11) is 0. The first-order valence-corrected chi connectivity index (χ1v) is 7.83. The van der Waals surface area contributed by atoms with Crippen LogP contribution < -0.4 is 5.32 Å². The SMILES string of the molecule is CCC1CCCCC1N(CC)C1CCCNC1. The van der Waals surface area contributed by atoms with Gasteiger partial charge in [-0.1, -0.05) is 33.1 Å². The van der Waals surface area contributed by atoms with Gasteiger partial charge in [-0.2, -0.15) is 0 Å². The van der Waals surface area contributed by atoms with E-state index in [-0.39, 0.29) is 0 Å². The first-order valence-electron chi connectivity index (χ1n) is 7.83. The molecule has 1 heterocycles. The van der Waals surface area contributed by atoms with Gasteiger partial charge in [0.15, 0.2) is 0 Å². The molecule has 2 heteroatoms. The molecule has 0 radical (unpaired) electrons. The number of hydrogen-bond acceptors (Lipinski definition) is 2. The molecule has 1 N–H and O–H groups in total. The molecule has 0 amide bonds. The molecule has 1 saturated heterocycles. The van der Waals surface area contributed by atoms with Crippen LogP contribution in [0.3, 0.4) is 0 Å². The quantitative estimate of drug-likeness (QED) is 0.810. The second-order valence-electron chi connectivity index (χ2n) is 5.85. The number of piperidine rings is 1. The van der Waals surface area contributed by atoms with Gasteiger partial charge in [0.05, 0.1) is 0 Å². The van der Waals surface area contributed by atoms with E-state index in [1.807, 2.05) is 0 Å². The van der Waals surface area contributed by atoms with Crippen molar-refractivity contribution in [3.8, 4) is 0 Å². The molecule has 100 valence electrons. The number of nitrogens with zero attached hydrogens (tertiary/aromatic N) is 1. The highest BCUT2D eigenvalue weighted by molar-refractivity contribution is 4.88. The van der Waals surface area contributed by atoms with Crippen LogP contribution in [0.25, 0.3) is 0 Å². The molecular formula is C15H30N2. The first-order chi connectivity index (χ1) is 8.36. The highest BCUT2D eigenvalue weighted by Crippen LogP contribution is 2.32. The summed E-state index contributed by atoms with van der Waals surface area (Å²) in [5, 5.41) is 3.58. The van der Waals surface area contributed by atoms with Gasteiger partial charge in [0.25, 0.3) is 0 Å². The van der Waals surface area contributed by atoms with Crippen molar-refractivity contribution in [3.05, 3.63) is 0 Å². The van der Waals surface area contributed by atoms with Crippen LogP contribution in [0.15, 0.2) is 0 Å². The maximum absolute atomic E-state index is 3.58. The number of rotatable bonds is 4. The van der Waals surface area contributed by atoms with Crippen molar-refractivity contribution in [2.75, 3.05) is 19.6 Å². The van der Waals surface area contributed by atoms with E-state index in [1.54, 1.807) is 0 Å². The smallest absolute Gasteiger partial charge is 0.0224 e. The number of likely N-dealkylation sites (N-methyl/N-ethyl adjacent to an activating group) is 1. The van der Waals surface area contributed by atoms with Gasteiger partial charge < -0.3 is 5.32 Å². The molecule has 3 atom stereocenters. The minimum absolute atomic E-state index is 0.811. The van der Waals surface area contributed by atoms with Crippen molar-refractivity contribution in [1.82, 2.24) is 10.2 Å². The number of hydrogen-bond donors (Lipinski definition) is 1. The maximum Gasteiger partial charge on any atom is 0.0224 e. The molecule has 3 unspecified atom stereocenters. The monoisotopic (exact) mass is 238 g/mol. The van der Waals surface area contributed by atoms with Gasteiger partial charge >= 0.3 is 0 Å². The van der Waals surface area contributed by atoms with Crippen LogP contribution in [0.1, 0.15) is 58.8 Å². The molecule has 1 aliphatic carbocycles. The molecule has 0 aromatic heterocycles. The average Bonchev–Trinajstić information content (AvgIpc) is 2.41. The van der Waals surface area contributed by atoms with Crippen LogP contribution in [0.4, 0.5) is 0 Å². The summed E-state index contributed by atoms with van der Waals surface area (Å²) < 4.78 is 0. The van der Waals surface area contributed by atoms with E-state index in [0.717, 1.165) is 18.0 Å². The summed E-state index contributed by atoms with van der Waals surface area (Å²) in [5.74, 6) is 0.964. The van der Waals surface area contributed by atoms with E-state index >= 15 is 0 Å². The van der Waals surface area contributed by atoms with Gasteiger partial charge in [-0.05, 0) is 44.7 Å². The van der Waals surface area contributed by atoms with E-state index in [1.165, 1.54) is 64.6 Å². The zero-order valence-corrected chi connectivity index (χ0v) is 11.8. The molecule has 0 aromatic rings. The normalized spacial score (nSPS) is 35.1. The molecule has 17 heavy (non-hydrogen) atoms. The third-order valence-corrected chi connectivity index (χ3v) is 4.92. The molecule has 0 aromatic carbocycles. The molecule has 2 rings (SSSR count). The number of nitrogens with one attached hydrogen (secondary N) is 1. The zero-order valence-electron chi connectivity index (χ0n) is 11.8. The standard InChI is InChI=1S/C15H30N2/c1-3-13-8-5-6-10-15(13)17(4-2)14-9-7-11-16-12-14/h13-16H,3-12H2,1-2H3. The van der Waals surface area contributed by atoms with Gasteiger partial charge in [0, 0.05) is 18.6 Å². The van der Waals surface area contributed by atoms with Crippen LogP contribution in [0.5, 0.6) is 0 Å². The Kier molecular flexibility index (Phi) is 5.30. The van der Waals surface area contributed by atoms with Gasteiger partial charge in [-0.25, -0.2) is 0 Å². The maximum atomic E-state index is 3.58. The van der Waals surface area contributed by atoms with E-state index < -0.39 is 0 Å². The van der Waals surface area contributed by atoms with Crippen molar-refractivity contribution >= 4 is 0 Å². The Morgan fingerprint density at radius 1 is 1.06 bits per heavy atom. The Balaban J connectivity index is 1.99. The Morgan fingerprint density at radius 3 is 2.53 bits per heavy atom. The molecule has 2 aliphatic rings. The lowest BCUT2D eigenvalue weighted by Crippen LogP contribution is -2.53. The molecule has 0 spiro atoms. The summed E-state index contributed by atoms with van der Waals surface area (Å²) in [4.78, 5) is 2.83. The van der Waals surface area contributed by atoms with Gasteiger partial charge in [-0.15, -0.1) is 0 Å². The molecule has 0 bridgehead atoms. The molecule has 1 saturated carbocycles. The minimum atomic E-state index is 0.811. The lowest BCUT2D eigenvalue weighted by Gasteiger charge is -2.45. The summed E-state index contributed by atoms with van der Waals surface area (Å²) in [6.45, 7) is 8.44. The summed E-state index contributed by atoms with van der Waals surface area (Å²) in [6.07, 6.45) is 9.99. The fourth-order valence-electron chi connectivity index (χ4n) is 3.98. The second-order valence-corrected chi connectivity index (χ2v) is 5.85. The highest BCUT2D eigenvalue weighted by Gasteiger charge is 2.32. The lowest BCUT2D eigenvalue weighted by atomic mass is 9.81. The van der Waals surface area contributed by atoms with E-state index in [9.17, 15) is 0 Å². The summed E-state index contributed by atoms with van der Waals surface area (Å²) in [5.41, 5.74) is 0. The van der Waals surface area contributed by atoms with E-state index in [4.69, 9.17) is 0 Å². The second kappa shape index (κ2) is 6.75. The fourth-order valence-corrected chi connectivity index (χ4v) is 3.98. The highest BCUT2D eigenvalue weighted by atomic mass is 15.2. The van der Waals surface area contributed by atoms with Gasteiger partial charge in [-0.3, -0.25) is 4.90 Å². The van der Waals surface area contributed by atoms with Crippen LogP contribution in [-0.4, -0.2) is 36.6 Å².